The standard InChI is InChI=1S/C20H13ClO3/c21-19-9-8-17(20(23)24)11-18(19)15-6-4-14(5-7-15)16-3-1-2-13(10-16)12-22/h1-12H,(H,23,24). The van der Waals surface area contributed by atoms with Crippen molar-refractivity contribution in [2.75, 3.05) is 0 Å². The van der Waals surface area contributed by atoms with E-state index in [4.69, 9.17) is 16.7 Å². The van der Waals surface area contributed by atoms with Crippen LogP contribution in [0.25, 0.3) is 22.3 Å². The Labute approximate surface area is 144 Å². The van der Waals surface area contributed by atoms with Gasteiger partial charge in [-0.25, -0.2) is 4.79 Å². The predicted molar refractivity (Wildman–Crippen MR) is 94.7 cm³/mol. The minimum atomic E-state index is -0.991. The summed E-state index contributed by atoms with van der Waals surface area (Å²) in [5.41, 5.74) is 4.22. The third-order valence-electron chi connectivity index (χ3n) is 3.77. The largest absolute Gasteiger partial charge is 0.478 e. The molecular weight excluding hydrogens is 324 g/mol. The monoisotopic (exact) mass is 336 g/mol. The Hall–Kier alpha value is -2.91. The number of hydrogen-bond donors (Lipinski definition) is 1. The number of carbonyl (C=O) groups is 2. The van der Waals surface area contributed by atoms with E-state index in [-0.39, 0.29) is 5.56 Å². The van der Waals surface area contributed by atoms with Gasteiger partial charge in [0.05, 0.1) is 5.56 Å². The van der Waals surface area contributed by atoms with Crippen molar-refractivity contribution in [2.24, 2.45) is 0 Å². The summed E-state index contributed by atoms with van der Waals surface area (Å²) in [5.74, 6) is -0.991. The molecule has 0 amide bonds. The molecule has 0 aromatic heterocycles. The van der Waals surface area contributed by atoms with Crippen LogP contribution in [-0.2, 0) is 0 Å². The van der Waals surface area contributed by atoms with Gasteiger partial charge in [0.2, 0.25) is 0 Å². The predicted octanol–water partition coefficient (Wildman–Crippen LogP) is 5.18. The second-order valence-corrected chi connectivity index (χ2v) is 5.73. The quantitative estimate of drug-likeness (QED) is 0.667. The normalized spacial score (nSPS) is 10.4. The molecule has 3 rings (SSSR count). The lowest BCUT2D eigenvalue weighted by Gasteiger charge is -2.08. The fourth-order valence-electron chi connectivity index (χ4n) is 2.51. The average Bonchev–Trinajstić information content (AvgIpc) is 2.62. The van der Waals surface area contributed by atoms with Crippen molar-refractivity contribution in [2.45, 2.75) is 0 Å². The molecule has 0 aliphatic carbocycles. The van der Waals surface area contributed by atoms with Crippen molar-refractivity contribution < 1.29 is 14.7 Å². The van der Waals surface area contributed by atoms with Crippen molar-refractivity contribution >= 4 is 23.9 Å². The lowest BCUT2D eigenvalue weighted by molar-refractivity contribution is 0.0697. The van der Waals surface area contributed by atoms with E-state index in [2.05, 4.69) is 0 Å². The fraction of sp³-hybridized carbons (Fsp3) is 0. The van der Waals surface area contributed by atoms with E-state index in [1.807, 2.05) is 42.5 Å². The van der Waals surface area contributed by atoms with Crippen LogP contribution in [0.5, 0.6) is 0 Å². The second kappa shape index (κ2) is 6.69. The Morgan fingerprint density at radius 3 is 2.25 bits per heavy atom. The molecule has 24 heavy (non-hydrogen) atoms. The zero-order valence-corrected chi connectivity index (χ0v) is 13.3. The molecule has 0 saturated heterocycles. The van der Waals surface area contributed by atoms with Crippen molar-refractivity contribution in [1.82, 2.24) is 0 Å². The number of hydrogen-bond acceptors (Lipinski definition) is 2. The number of halogens is 1. The van der Waals surface area contributed by atoms with Gasteiger partial charge in [-0.1, -0.05) is 54.1 Å². The summed E-state index contributed by atoms with van der Waals surface area (Å²) in [4.78, 5) is 22.0. The van der Waals surface area contributed by atoms with E-state index < -0.39 is 5.97 Å². The minimum Gasteiger partial charge on any atom is -0.478 e. The highest BCUT2D eigenvalue weighted by Crippen LogP contribution is 2.31. The van der Waals surface area contributed by atoms with Crippen LogP contribution in [0, 0.1) is 0 Å². The average molecular weight is 337 g/mol. The van der Waals surface area contributed by atoms with Gasteiger partial charge in [0.15, 0.2) is 0 Å². The molecule has 0 unspecified atom stereocenters. The first-order chi connectivity index (χ1) is 11.6. The summed E-state index contributed by atoms with van der Waals surface area (Å²) >= 11 is 6.20. The molecule has 0 aliphatic heterocycles. The highest BCUT2D eigenvalue weighted by Gasteiger charge is 2.09. The van der Waals surface area contributed by atoms with E-state index >= 15 is 0 Å². The first-order valence-corrected chi connectivity index (χ1v) is 7.65. The van der Waals surface area contributed by atoms with Gasteiger partial charge in [-0.2, -0.15) is 0 Å². The molecule has 3 aromatic carbocycles. The Kier molecular flexibility index (Phi) is 4.45. The van der Waals surface area contributed by atoms with Crippen molar-refractivity contribution in [3.05, 3.63) is 82.9 Å². The van der Waals surface area contributed by atoms with Gasteiger partial charge < -0.3 is 5.11 Å². The van der Waals surface area contributed by atoms with Crippen LogP contribution >= 0.6 is 11.6 Å². The van der Waals surface area contributed by atoms with Gasteiger partial charge in [0.25, 0.3) is 0 Å². The molecule has 0 saturated carbocycles. The van der Waals surface area contributed by atoms with Crippen molar-refractivity contribution in [1.29, 1.82) is 0 Å². The fourth-order valence-corrected chi connectivity index (χ4v) is 2.74. The van der Waals surface area contributed by atoms with Crippen LogP contribution in [0.4, 0.5) is 0 Å². The highest BCUT2D eigenvalue weighted by atomic mass is 35.5. The summed E-state index contributed by atoms with van der Waals surface area (Å²) in [6.45, 7) is 0. The summed E-state index contributed by atoms with van der Waals surface area (Å²) in [6, 6.07) is 19.6. The van der Waals surface area contributed by atoms with Crippen LogP contribution in [0.1, 0.15) is 20.7 Å². The van der Waals surface area contributed by atoms with Gasteiger partial charge in [-0.15, -0.1) is 0 Å². The Bertz CT molecular complexity index is 914. The highest BCUT2D eigenvalue weighted by molar-refractivity contribution is 6.33. The summed E-state index contributed by atoms with van der Waals surface area (Å²) in [5, 5.41) is 9.61. The van der Waals surface area contributed by atoms with Gasteiger partial charge in [-0.3, -0.25) is 4.79 Å². The topological polar surface area (TPSA) is 54.4 Å². The van der Waals surface area contributed by atoms with Crippen LogP contribution in [0.15, 0.2) is 66.7 Å². The lowest BCUT2D eigenvalue weighted by Crippen LogP contribution is -1.96. The summed E-state index contributed by atoms with van der Waals surface area (Å²) in [6.07, 6.45) is 0.815. The number of carboxylic acid groups (broad SMARTS) is 1. The number of carboxylic acids is 1. The maximum Gasteiger partial charge on any atom is 0.335 e. The van der Waals surface area contributed by atoms with Crippen LogP contribution in [-0.4, -0.2) is 17.4 Å². The SMILES string of the molecule is O=Cc1cccc(-c2ccc(-c3cc(C(=O)O)ccc3Cl)cc2)c1. The third-order valence-corrected chi connectivity index (χ3v) is 4.09. The Morgan fingerprint density at radius 1 is 0.875 bits per heavy atom. The van der Waals surface area contributed by atoms with E-state index in [0.29, 0.717) is 16.1 Å². The number of benzene rings is 3. The molecule has 0 bridgehead atoms. The van der Waals surface area contributed by atoms with E-state index in [1.54, 1.807) is 18.2 Å². The molecule has 0 atom stereocenters. The van der Waals surface area contributed by atoms with Gasteiger partial charge >= 0.3 is 5.97 Å². The third kappa shape index (κ3) is 3.21. The lowest BCUT2D eigenvalue weighted by atomic mass is 9.98. The van der Waals surface area contributed by atoms with Crippen LogP contribution in [0.3, 0.4) is 0 Å². The molecule has 0 spiro atoms. The first-order valence-electron chi connectivity index (χ1n) is 7.27. The molecule has 1 N–H and O–H groups in total. The summed E-state index contributed by atoms with van der Waals surface area (Å²) < 4.78 is 0. The molecular formula is C20H13ClO3. The Morgan fingerprint density at radius 2 is 1.58 bits per heavy atom. The minimum absolute atomic E-state index is 0.192. The van der Waals surface area contributed by atoms with E-state index in [0.717, 1.165) is 23.0 Å². The van der Waals surface area contributed by atoms with E-state index in [9.17, 15) is 9.59 Å². The molecule has 0 heterocycles. The summed E-state index contributed by atoms with van der Waals surface area (Å²) in [7, 11) is 0. The zero-order chi connectivity index (χ0) is 17.1. The number of aldehydes is 1. The van der Waals surface area contributed by atoms with Gasteiger partial charge in [-0.05, 0) is 41.0 Å². The molecule has 0 aliphatic rings. The number of carbonyl (C=O) groups excluding carboxylic acids is 1. The first kappa shape index (κ1) is 16.0. The van der Waals surface area contributed by atoms with Gasteiger partial charge in [0, 0.05) is 16.1 Å². The van der Waals surface area contributed by atoms with Crippen molar-refractivity contribution in [3.63, 3.8) is 0 Å². The number of aromatic carboxylic acids is 1. The zero-order valence-electron chi connectivity index (χ0n) is 12.6. The maximum atomic E-state index is 11.1. The van der Waals surface area contributed by atoms with Crippen molar-refractivity contribution in [3.8, 4) is 22.3 Å². The van der Waals surface area contributed by atoms with Crippen LogP contribution in [0.2, 0.25) is 5.02 Å². The molecule has 4 heteroatoms. The molecule has 0 fully saturated rings. The molecule has 0 radical (unpaired) electrons. The molecule has 118 valence electrons. The molecule has 3 nitrogen and oxygen atoms in total. The van der Waals surface area contributed by atoms with E-state index in [1.165, 1.54) is 6.07 Å². The Balaban J connectivity index is 1.99. The van der Waals surface area contributed by atoms with Crippen LogP contribution < -0.4 is 0 Å². The smallest absolute Gasteiger partial charge is 0.335 e. The second-order valence-electron chi connectivity index (χ2n) is 5.32. The van der Waals surface area contributed by atoms with Gasteiger partial charge in [0.1, 0.15) is 6.29 Å². The maximum absolute atomic E-state index is 11.1. The number of rotatable bonds is 4. The molecule has 3 aromatic rings.